The van der Waals surface area contributed by atoms with E-state index in [1.165, 1.54) is 10.0 Å². The van der Waals surface area contributed by atoms with E-state index in [1.807, 2.05) is 60.7 Å². The van der Waals surface area contributed by atoms with E-state index in [2.05, 4.69) is 0 Å². The lowest BCUT2D eigenvalue weighted by atomic mass is 9.95. The lowest BCUT2D eigenvalue weighted by Gasteiger charge is -2.35. The van der Waals surface area contributed by atoms with Crippen LogP contribution in [0.15, 0.2) is 60.7 Å². The summed E-state index contributed by atoms with van der Waals surface area (Å²) >= 11 is 0. The van der Waals surface area contributed by atoms with Crippen LogP contribution in [0.2, 0.25) is 0 Å². The first kappa shape index (κ1) is 20.9. The molecule has 0 aliphatic carbocycles. The van der Waals surface area contributed by atoms with Gasteiger partial charge in [0.05, 0.1) is 0 Å². The van der Waals surface area contributed by atoms with Crippen LogP contribution in [-0.4, -0.2) is 59.0 Å². The van der Waals surface area contributed by atoms with Gasteiger partial charge in [-0.15, -0.1) is 0 Å². The molecule has 162 valence electrons. The summed E-state index contributed by atoms with van der Waals surface area (Å²) in [5.41, 5.74) is 1.57. The van der Waals surface area contributed by atoms with Crippen LogP contribution in [0.25, 0.3) is 0 Å². The second-order valence-corrected chi connectivity index (χ2v) is 7.91. The number of carbonyl (C=O) groups excluding carboxylic acids is 3. The van der Waals surface area contributed by atoms with Crippen molar-refractivity contribution in [2.75, 3.05) is 26.2 Å². The van der Waals surface area contributed by atoms with Crippen molar-refractivity contribution in [3.8, 4) is 0 Å². The minimum atomic E-state index is -0.494. The number of ether oxygens (including phenoxy) is 1. The Balaban J connectivity index is 1.30. The minimum Gasteiger partial charge on any atom is -0.443 e. The van der Waals surface area contributed by atoms with E-state index in [0.717, 1.165) is 12.0 Å². The van der Waals surface area contributed by atoms with Crippen molar-refractivity contribution >= 4 is 17.9 Å². The molecule has 0 atom stereocenters. The van der Waals surface area contributed by atoms with E-state index in [1.54, 1.807) is 4.90 Å². The van der Waals surface area contributed by atoms with E-state index < -0.39 is 6.09 Å². The first-order chi connectivity index (χ1) is 15.1. The number of piperidine rings is 1. The highest BCUT2D eigenvalue weighted by molar-refractivity contribution is 5.94. The Labute approximate surface area is 182 Å². The molecule has 2 aromatic rings. The quantitative estimate of drug-likeness (QED) is 0.759. The molecule has 3 amide bonds. The van der Waals surface area contributed by atoms with Crippen LogP contribution < -0.4 is 0 Å². The van der Waals surface area contributed by atoms with Gasteiger partial charge in [-0.3, -0.25) is 9.59 Å². The predicted molar refractivity (Wildman–Crippen MR) is 115 cm³/mol. The van der Waals surface area contributed by atoms with E-state index in [-0.39, 0.29) is 24.3 Å². The van der Waals surface area contributed by atoms with Crippen molar-refractivity contribution in [2.45, 2.75) is 25.9 Å². The Morgan fingerprint density at radius 1 is 0.806 bits per heavy atom. The Morgan fingerprint density at radius 2 is 1.42 bits per heavy atom. The number of carbonyl (C=O) groups is 3. The summed E-state index contributed by atoms with van der Waals surface area (Å²) in [6.07, 6.45) is 1.44. The predicted octanol–water partition coefficient (Wildman–Crippen LogP) is 3.32. The molecule has 2 saturated heterocycles. The molecule has 0 radical (unpaired) electrons. The van der Waals surface area contributed by atoms with Crippen LogP contribution in [0, 0.1) is 5.92 Å². The summed E-state index contributed by atoms with van der Waals surface area (Å²) in [7, 11) is 0. The molecule has 2 heterocycles. The fourth-order valence-corrected chi connectivity index (χ4v) is 4.13. The van der Waals surface area contributed by atoms with Gasteiger partial charge in [-0.1, -0.05) is 48.5 Å². The molecule has 7 heteroatoms. The Morgan fingerprint density at radius 3 is 2.10 bits per heavy atom. The van der Waals surface area contributed by atoms with Crippen LogP contribution in [0.3, 0.4) is 0 Å². The highest BCUT2D eigenvalue weighted by Crippen LogP contribution is 2.24. The highest BCUT2D eigenvalue weighted by atomic mass is 16.6. The molecule has 2 aromatic carbocycles. The SMILES string of the molecule is O=C(c1ccccc1)N1CCC(C(=O)N2CCCN2C(=O)OCc2ccccc2)CC1. The molecule has 2 fully saturated rings. The largest absolute Gasteiger partial charge is 0.443 e. The van der Waals surface area contributed by atoms with Gasteiger partial charge in [-0.05, 0) is 37.0 Å². The molecule has 2 aliphatic heterocycles. The molecule has 2 aliphatic rings. The first-order valence-electron chi connectivity index (χ1n) is 10.8. The maximum atomic E-state index is 13.1. The van der Waals surface area contributed by atoms with Crippen molar-refractivity contribution in [3.63, 3.8) is 0 Å². The van der Waals surface area contributed by atoms with Crippen LogP contribution in [0.1, 0.15) is 35.2 Å². The Hall–Kier alpha value is -3.35. The van der Waals surface area contributed by atoms with E-state index in [4.69, 9.17) is 4.74 Å². The van der Waals surface area contributed by atoms with Gasteiger partial charge in [-0.2, -0.15) is 0 Å². The summed E-state index contributed by atoms with van der Waals surface area (Å²) in [6, 6.07) is 18.7. The molecule has 0 aromatic heterocycles. The van der Waals surface area contributed by atoms with Gasteiger partial charge in [0.1, 0.15) is 6.61 Å². The second-order valence-electron chi connectivity index (χ2n) is 7.91. The van der Waals surface area contributed by atoms with Gasteiger partial charge in [0.25, 0.3) is 5.91 Å². The molecule has 0 unspecified atom stereocenters. The maximum absolute atomic E-state index is 13.1. The summed E-state index contributed by atoms with van der Waals surface area (Å²) in [4.78, 5) is 40.1. The lowest BCUT2D eigenvalue weighted by molar-refractivity contribution is -0.147. The third-order valence-corrected chi connectivity index (χ3v) is 5.85. The number of hydrazine groups is 1. The standard InChI is InChI=1S/C24H27N3O4/c28-22(20-10-5-2-6-11-20)25-16-12-21(13-17-25)23(29)26-14-7-15-27(26)24(30)31-18-19-8-3-1-4-9-19/h1-6,8-11,21H,7,12-18H2. The normalized spacial score (nSPS) is 17.0. The summed E-state index contributed by atoms with van der Waals surface area (Å²) in [6.45, 7) is 2.25. The third kappa shape index (κ3) is 4.87. The molecule has 4 rings (SSSR count). The fraction of sp³-hybridized carbons (Fsp3) is 0.375. The average Bonchev–Trinajstić information content (AvgIpc) is 3.33. The summed E-state index contributed by atoms with van der Waals surface area (Å²) in [5, 5.41) is 2.96. The highest BCUT2D eigenvalue weighted by Gasteiger charge is 2.37. The lowest BCUT2D eigenvalue weighted by Crippen LogP contribution is -2.50. The number of hydrogen-bond acceptors (Lipinski definition) is 4. The van der Waals surface area contributed by atoms with Crippen LogP contribution in [-0.2, 0) is 16.1 Å². The maximum Gasteiger partial charge on any atom is 0.429 e. The van der Waals surface area contributed by atoms with Crippen LogP contribution in [0.4, 0.5) is 4.79 Å². The van der Waals surface area contributed by atoms with Crippen molar-refractivity contribution in [3.05, 3.63) is 71.8 Å². The number of benzene rings is 2. The number of rotatable bonds is 4. The summed E-state index contributed by atoms with van der Waals surface area (Å²) < 4.78 is 5.42. The molecule has 0 spiro atoms. The minimum absolute atomic E-state index is 0.00112. The van der Waals surface area contributed by atoms with E-state index >= 15 is 0 Å². The number of hydrogen-bond donors (Lipinski definition) is 0. The van der Waals surface area contributed by atoms with Gasteiger partial charge in [-0.25, -0.2) is 14.8 Å². The van der Waals surface area contributed by atoms with Crippen LogP contribution >= 0.6 is 0 Å². The number of nitrogens with zero attached hydrogens (tertiary/aromatic N) is 3. The van der Waals surface area contributed by atoms with E-state index in [0.29, 0.717) is 44.6 Å². The molecule has 0 bridgehead atoms. The van der Waals surface area contributed by atoms with Crippen molar-refractivity contribution in [2.24, 2.45) is 5.92 Å². The zero-order valence-corrected chi connectivity index (χ0v) is 17.5. The fourth-order valence-electron chi connectivity index (χ4n) is 4.13. The Kier molecular flexibility index (Phi) is 6.50. The molecular weight excluding hydrogens is 394 g/mol. The second kappa shape index (κ2) is 9.64. The van der Waals surface area contributed by atoms with Gasteiger partial charge in [0, 0.05) is 37.7 Å². The monoisotopic (exact) mass is 421 g/mol. The first-order valence-corrected chi connectivity index (χ1v) is 10.8. The topological polar surface area (TPSA) is 70.2 Å². The molecule has 31 heavy (non-hydrogen) atoms. The smallest absolute Gasteiger partial charge is 0.429 e. The molecule has 0 saturated carbocycles. The van der Waals surface area contributed by atoms with Gasteiger partial charge < -0.3 is 9.64 Å². The van der Waals surface area contributed by atoms with Gasteiger partial charge in [0.15, 0.2) is 0 Å². The van der Waals surface area contributed by atoms with Crippen molar-refractivity contribution < 1.29 is 19.1 Å². The number of likely N-dealkylation sites (tertiary alicyclic amines) is 1. The zero-order chi connectivity index (χ0) is 21.6. The molecule has 7 nitrogen and oxygen atoms in total. The van der Waals surface area contributed by atoms with Crippen LogP contribution in [0.5, 0.6) is 0 Å². The average molecular weight is 421 g/mol. The van der Waals surface area contributed by atoms with E-state index in [9.17, 15) is 14.4 Å². The third-order valence-electron chi connectivity index (χ3n) is 5.85. The van der Waals surface area contributed by atoms with Crippen molar-refractivity contribution in [1.82, 2.24) is 14.9 Å². The zero-order valence-electron chi connectivity index (χ0n) is 17.5. The number of amides is 3. The molecule has 0 N–H and O–H groups in total. The summed E-state index contributed by atoms with van der Waals surface area (Å²) in [5.74, 6) is -0.248. The van der Waals surface area contributed by atoms with Gasteiger partial charge >= 0.3 is 6.09 Å². The Bertz CT molecular complexity index is 911. The molecular formula is C24H27N3O4. The van der Waals surface area contributed by atoms with Crippen molar-refractivity contribution in [1.29, 1.82) is 0 Å². The van der Waals surface area contributed by atoms with Gasteiger partial charge in [0.2, 0.25) is 5.91 Å².